The third-order valence-corrected chi connectivity index (χ3v) is 3.17. The van der Waals surface area contributed by atoms with Crippen LogP contribution in [0.5, 0.6) is 0 Å². The zero-order valence-corrected chi connectivity index (χ0v) is 11.3. The van der Waals surface area contributed by atoms with Crippen molar-refractivity contribution in [1.29, 1.82) is 0 Å². The van der Waals surface area contributed by atoms with E-state index in [4.69, 9.17) is 17.3 Å². The lowest BCUT2D eigenvalue weighted by molar-refractivity contribution is 0.638. The van der Waals surface area contributed by atoms with Crippen LogP contribution in [0.25, 0.3) is 0 Å². The number of imidazole rings is 1. The lowest BCUT2D eigenvalue weighted by Gasteiger charge is -2.05. The summed E-state index contributed by atoms with van der Waals surface area (Å²) >= 11 is 5.96. The van der Waals surface area contributed by atoms with Crippen molar-refractivity contribution in [3.8, 4) is 0 Å². The van der Waals surface area contributed by atoms with E-state index in [1.807, 2.05) is 24.5 Å². The van der Waals surface area contributed by atoms with E-state index in [2.05, 4.69) is 28.7 Å². The molecule has 2 rings (SSSR count). The van der Waals surface area contributed by atoms with Crippen LogP contribution in [0.3, 0.4) is 0 Å². The van der Waals surface area contributed by atoms with Gasteiger partial charge in [-0.05, 0) is 24.1 Å². The van der Waals surface area contributed by atoms with Crippen molar-refractivity contribution in [3.05, 3.63) is 53.1 Å². The van der Waals surface area contributed by atoms with Gasteiger partial charge in [-0.1, -0.05) is 30.7 Å². The highest BCUT2D eigenvalue weighted by Crippen LogP contribution is 2.12. The van der Waals surface area contributed by atoms with E-state index in [1.54, 1.807) is 0 Å². The minimum absolute atomic E-state index is 0.194. The summed E-state index contributed by atoms with van der Waals surface area (Å²) < 4.78 is 2.06. The maximum absolute atomic E-state index is 5.96. The molecule has 0 aliphatic rings. The van der Waals surface area contributed by atoms with E-state index in [0.717, 1.165) is 30.1 Å². The summed E-state index contributed by atoms with van der Waals surface area (Å²) in [5.41, 5.74) is 8.14. The van der Waals surface area contributed by atoms with Gasteiger partial charge >= 0.3 is 0 Å². The van der Waals surface area contributed by atoms with Gasteiger partial charge in [-0.25, -0.2) is 4.98 Å². The third kappa shape index (κ3) is 3.59. The molecule has 1 aromatic heterocycles. The molecule has 1 aromatic carbocycles. The predicted octanol–water partition coefficient (Wildman–Crippen LogP) is 2.86. The van der Waals surface area contributed by atoms with Gasteiger partial charge in [-0.15, -0.1) is 0 Å². The van der Waals surface area contributed by atoms with E-state index in [9.17, 15) is 0 Å². The van der Waals surface area contributed by atoms with Crippen LogP contribution < -0.4 is 5.73 Å². The molecule has 0 aliphatic carbocycles. The summed E-state index contributed by atoms with van der Waals surface area (Å²) in [7, 11) is 0. The maximum Gasteiger partial charge on any atom is 0.0952 e. The Morgan fingerprint density at radius 2 is 2.28 bits per heavy atom. The normalized spacial score (nSPS) is 12.6. The Morgan fingerprint density at radius 1 is 1.44 bits per heavy atom. The largest absolute Gasteiger partial charge is 0.333 e. The summed E-state index contributed by atoms with van der Waals surface area (Å²) in [6.07, 6.45) is 5.70. The number of rotatable bonds is 5. The zero-order valence-electron chi connectivity index (χ0n) is 10.5. The fourth-order valence-electron chi connectivity index (χ4n) is 1.86. The number of aromatic nitrogens is 2. The molecule has 0 fully saturated rings. The van der Waals surface area contributed by atoms with E-state index in [-0.39, 0.29) is 6.04 Å². The number of halogens is 1. The van der Waals surface area contributed by atoms with Gasteiger partial charge in [-0.3, -0.25) is 0 Å². The van der Waals surface area contributed by atoms with Crippen molar-refractivity contribution < 1.29 is 0 Å². The first-order chi connectivity index (χ1) is 8.67. The molecule has 3 nitrogen and oxygen atoms in total. The van der Waals surface area contributed by atoms with Crippen LogP contribution in [-0.2, 0) is 13.0 Å². The second-order valence-electron chi connectivity index (χ2n) is 4.54. The van der Waals surface area contributed by atoms with Crippen molar-refractivity contribution in [2.75, 3.05) is 0 Å². The molecule has 2 N–H and O–H groups in total. The Bertz CT molecular complexity index is 507. The number of hydrogen-bond acceptors (Lipinski definition) is 2. The highest BCUT2D eigenvalue weighted by molar-refractivity contribution is 6.30. The average molecular weight is 264 g/mol. The van der Waals surface area contributed by atoms with Crippen molar-refractivity contribution >= 4 is 11.6 Å². The summed E-state index contributed by atoms with van der Waals surface area (Å²) in [5.74, 6) is 0. The minimum atomic E-state index is 0.194. The monoisotopic (exact) mass is 263 g/mol. The van der Waals surface area contributed by atoms with Crippen molar-refractivity contribution in [3.63, 3.8) is 0 Å². The lowest BCUT2D eigenvalue weighted by atomic mass is 10.1. The van der Waals surface area contributed by atoms with Gasteiger partial charge in [0.2, 0.25) is 0 Å². The number of nitrogens with zero attached hydrogens (tertiary/aromatic N) is 2. The summed E-state index contributed by atoms with van der Waals surface area (Å²) in [5, 5.41) is 0.765. The highest BCUT2D eigenvalue weighted by atomic mass is 35.5. The second kappa shape index (κ2) is 6.03. The van der Waals surface area contributed by atoms with Gasteiger partial charge in [0, 0.05) is 30.2 Å². The molecule has 1 atom stereocenters. The second-order valence-corrected chi connectivity index (χ2v) is 4.98. The van der Waals surface area contributed by atoms with Gasteiger partial charge in [0.05, 0.1) is 12.0 Å². The molecule has 96 valence electrons. The average Bonchev–Trinajstić information content (AvgIpc) is 2.76. The van der Waals surface area contributed by atoms with Crippen LogP contribution in [0.15, 0.2) is 36.8 Å². The fourth-order valence-corrected chi connectivity index (χ4v) is 2.07. The van der Waals surface area contributed by atoms with Crippen LogP contribution in [0.2, 0.25) is 5.02 Å². The van der Waals surface area contributed by atoms with E-state index < -0.39 is 0 Å². The molecule has 18 heavy (non-hydrogen) atoms. The van der Waals surface area contributed by atoms with Crippen LogP contribution in [0.4, 0.5) is 0 Å². The molecule has 0 saturated heterocycles. The Balaban J connectivity index is 2.02. The molecule has 0 amide bonds. The number of benzene rings is 1. The number of nitrogens with two attached hydrogens (primary N) is 1. The molecule has 0 bridgehead atoms. The first-order valence-electron chi connectivity index (χ1n) is 6.18. The molecule has 1 unspecified atom stereocenters. The summed E-state index contributed by atoms with van der Waals surface area (Å²) in [4.78, 5) is 4.37. The van der Waals surface area contributed by atoms with Crippen molar-refractivity contribution in [2.24, 2.45) is 5.73 Å². The molecule has 0 aliphatic heterocycles. The van der Waals surface area contributed by atoms with Gasteiger partial charge in [-0.2, -0.15) is 0 Å². The lowest BCUT2D eigenvalue weighted by Crippen LogP contribution is -2.21. The van der Waals surface area contributed by atoms with E-state index in [0.29, 0.717) is 0 Å². The first-order valence-corrected chi connectivity index (χ1v) is 6.56. The van der Waals surface area contributed by atoms with Gasteiger partial charge in [0.25, 0.3) is 0 Å². The predicted molar refractivity (Wildman–Crippen MR) is 74.8 cm³/mol. The standard InChI is InChI=1S/C14H18ClN3/c1-2-13(16)7-14-9-18(10-17-14)8-11-4-3-5-12(15)6-11/h3-6,9-10,13H,2,7-8,16H2,1H3. The molecule has 4 heteroatoms. The molecule has 1 heterocycles. The van der Waals surface area contributed by atoms with Crippen LogP contribution in [0.1, 0.15) is 24.6 Å². The molecular weight excluding hydrogens is 246 g/mol. The van der Waals surface area contributed by atoms with E-state index in [1.165, 1.54) is 5.56 Å². The van der Waals surface area contributed by atoms with Gasteiger partial charge < -0.3 is 10.3 Å². The zero-order chi connectivity index (χ0) is 13.0. The molecule has 0 saturated carbocycles. The minimum Gasteiger partial charge on any atom is -0.333 e. The number of hydrogen-bond donors (Lipinski definition) is 1. The summed E-state index contributed by atoms with van der Waals surface area (Å²) in [6.45, 7) is 2.88. The Hall–Kier alpha value is -1.32. The molecule has 2 aromatic rings. The first kappa shape index (κ1) is 13.1. The van der Waals surface area contributed by atoms with Gasteiger partial charge in [0.1, 0.15) is 0 Å². The van der Waals surface area contributed by atoms with Crippen molar-refractivity contribution in [2.45, 2.75) is 32.4 Å². The maximum atomic E-state index is 5.96. The molecule has 0 radical (unpaired) electrons. The molecular formula is C14H18ClN3. The third-order valence-electron chi connectivity index (χ3n) is 2.94. The van der Waals surface area contributed by atoms with Crippen molar-refractivity contribution in [1.82, 2.24) is 9.55 Å². The fraction of sp³-hybridized carbons (Fsp3) is 0.357. The Kier molecular flexibility index (Phi) is 4.39. The Labute approximate surface area is 113 Å². The smallest absolute Gasteiger partial charge is 0.0952 e. The van der Waals surface area contributed by atoms with Crippen LogP contribution >= 0.6 is 11.6 Å². The quantitative estimate of drug-likeness (QED) is 0.902. The SMILES string of the molecule is CCC(N)Cc1cn(Cc2cccc(Cl)c2)cn1. The van der Waals surface area contributed by atoms with Gasteiger partial charge in [0.15, 0.2) is 0 Å². The van der Waals surface area contributed by atoms with Crippen LogP contribution in [-0.4, -0.2) is 15.6 Å². The molecule has 0 spiro atoms. The van der Waals surface area contributed by atoms with E-state index >= 15 is 0 Å². The highest BCUT2D eigenvalue weighted by Gasteiger charge is 2.05. The Morgan fingerprint density at radius 3 is 3.00 bits per heavy atom. The van der Waals surface area contributed by atoms with Crippen LogP contribution in [0, 0.1) is 0 Å². The summed E-state index contributed by atoms with van der Waals surface area (Å²) in [6, 6.07) is 8.06. The topological polar surface area (TPSA) is 43.8 Å².